The number of likely N-dealkylation sites (N-methyl/N-ethyl adjacent to an activating group) is 1. The van der Waals surface area contributed by atoms with Crippen LogP contribution in [0.3, 0.4) is 0 Å². The van der Waals surface area contributed by atoms with Gasteiger partial charge in [-0.25, -0.2) is 0 Å². The summed E-state index contributed by atoms with van der Waals surface area (Å²) in [4.78, 5) is 16.0. The third-order valence-corrected chi connectivity index (χ3v) is 12.0. The summed E-state index contributed by atoms with van der Waals surface area (Å²) in [6, 6.07) is -0.322. The minimum atomic E-state index is -1.97. The highest BCUT2D eigenvalue weighted by Gasteiger charge is 2.53. The van der Waals surface area contributed by atoms with Crippen LogP contribution in [0.4, 0.5) is 0 Å². The molecule has 3 heterocycles. The Bertz CT molecular complexity index is 1200. The fourth-order valence-electron chi connectivity index (χ4n) is 8.61. The lowest BCUT2D eigenvalue weighted by atomic mass is 9.73. The van der Waals surface area contributed by atoms with Gasteiger partial charge in [-0.05, 0) is 74.9 Å². The average molecular weight is 749 g/mol. The molecule has 0 bridgehead atoms. The lowest BCUT2D eigenvalue weighted by Crippen LogP contribution is -2.61. The molecule has 3 aliphatic rings. The van der Waals surface area contributed by atoms with Crippen LogP contribution in [0.5, 0.6) is 0 Å². The minimum absolute atomic E-state index is 0.0657. The Labute approximate surface area is 309 Å². The Balaban J connectivity index is 2.21. The molecule has 0 aromatic carbocycles. The van der Waals surface area contributed by atoms with Crippen molar-refractivity contribution < 1.29 is 64.0 Å². The molecule has 0 saturated carbocycles. The highest BCUT2D eigenvalue weighted by molar-refractivity contribution is 5.88. The largest absolute Gasteiger partial charge is 0.459 e. The van der Waals surface area contributed by atoms with Crippen LogP contribution >= 0.6 is 0 Å². The van der Waals surface area contributed by atoms with Crippen LogP contribution in [0.1, 0.15) is 94.9 Å². The summed E-state index contributed by atoms with van der Waals surface area (Å²) >= 11 is 0. The molecular weight excluding hydrogens is 680 g/mol. The monoisotopic (exact) mass is 748 g/mol. The van der Waals surface area contributed by atoms with Gasteiger partial charge in [-0.3, -0.25) is 4.79 Å². The summed E-state index contributed by atoms with van der Waals surface area (Å²) in [5.74, 6) is -4.24. The molecule has 0 aromatic rings. The molecule has 3 aliphatic heterocycles. The number of hydrogen-bond donors (Lipinski definition) is 6. The van der Waals surface area contributed by atoms with Crippen molar-refractivity contribution in [3.05, 3.63) is 0 Å². The molecule has 52 heavy (non-hydrogen) atoms. The van der Waals surface area contributed by atoms with Gasteiger partial charge >= 0.3 is 5.97 Å². The normalized spacial score (nSPS) is 49.8. The van der Waals surface area contributed by atoms with Crippen molar-refractivity contribution in [2.75, 3.05) is 21.2 Å². The number of aliphatic hydroxyl groups is 5. The van der Waals surface area contributed by atoms with Gasteiger partial charge in [0.25, 0.3) is 0 Å². The van der Waals surface area contributed by atoms with E-state index < -0.39 is 102 Å². The summed E-state index contributed by atoms with van der Waals surface area (Å²) in [6.45, 7) is 16.6. The van der Waals surface area contributed by atoms with Crippen molar-refractivity contribution >= 4 is 11.7 Å². The molecule has 3 saturated heterocycles. The summed E-state index contributed by atoms with van der Waals surface area (Å²) in [6.07, 6.45) is -9.51. The number of ether oxygens (including phenoxy) is 6. The molecule has 0 aliphatic carbocycles. The summed E-state index contributed by atoms with van der Waals surface area (Å²) in [5.41, 5.74) is -4.68. The number of carbonyl (C=O) groups excluding carboxylic acids is 1. The fraction of sp³-hybridized carbons (Fsp3) is 0.946. The molecule has 15 nitrogen and oxygen atoms in total. The van der Waals surface area contributed by atoms with Gasteiger partial charge in [0.1, 0.15) is 23.9 Å². The molecular formula is C37H68N2O13. The van der Waals surface area contributed by atoms with E-state index in [1.54, 1.807) is 55.4 Å². The Morgan fingerprint density at radius 1 is 0.923 bits per heavy atom. The highest BCUT2D eigenvalue weighted by atomic mass is 16.7. The predicted octanol–water partition coefficient (Wildman–Crippen LogP) is 2.05. The highest BCUT2D eigenvalue weighted by Crippen LogP contribution is 2.41. The molecule has 3 fully saturated rings. The Kier molecular flexibility index (Phi) is 15.1. The zero-order valence-corrected chi connectivity index (χ0v) is 33.4. The van der Waals surface area contributed by atoms with Crippen molar-refractivity contribution in [1.82, 2.24) is 4.90 Å². The van der Waals surface area contributed by atoms with Gasteiger partial charge in [0.15, 0.2) is 12.6 Å². The van der Waals surface area contributed by atoms with E-state index in [2.05, 4.69) is 5.16 Å². The maximum Gasteiger partial charge on any atom is 0.311 e. The van der Waals surface area contributed by atoms with Crippen molar-refractivity contribution in [2.24, 2.45) is 28.8 Å². The van der Waals surface area contributed by atoms with Gasteiger partial charge in [0.05, 0.1) is 53.4 Å². The number of cyclic esters (lactones) is 1. The van der Waals surface area contributed by atoms with Crippen LogP contribution in [0.25, 0.3) is 0 Å². The number of rotatable bonds is 7. The predicted molar refractivity (Wildman–Crippen MR) is 190 cm³/mol. The van der Waals surface area contributed by atoms with E-state index in [9.17, 15) is 35.5 Å². The first-order chi connectivity index (χ1) is 24.0. The second kappa shape index (κ2) is 17.5. The summed E-state index contributed by atoms with van der Waals surface area (Å²) in [7, 11) is 5.19. The zero-order valence-electron chi connectivity index (χ0n) is 33.4. The molecule has 6 N–H and O–H groups in total. The van der Waals surface area contributed by atoms with Crippen LogP contribution in [-0.2, 0) is 33.2 Å². The molecule has 3 rings (SSSR count). The van der Waals surface area contributed by atoms with Gasteiger partial charge in [0, 0.05) is 37.3 Å². The average Bonchev–Trinajstić information content (AvgIpc) is 3.06. The standard InChI is InChI=1S/C37H68N2O13/c1-14-25-37(10,45)30(41)20(4)27(38-46)18(2)16-35(8,44)32(52-34-28(40)24(39(11)12)15-19(3)48-34)21(5)29(22(6)33(43)50-25)51-26-17-36(9,47-13)31(42)23(7)49-26/h18-26,28-32,34,40-42,44-46H,14-17H2,1-13H3/b38-27+/t18-,19-,20-,21+,22-,23+,24+,25?,26+,28-,29?,30-,31+,32-,34+,35-,36-,37-/m1/s1. The third kappa shape index (κ3) is 9.47. The molecule has 18 atom stereocenters. The molecule has 0 radical (unpaired) electrons. The first kappa shape index (κ1) is 44.9. The Morgan fingerprint density at radius 2 is 1.54 bits per heavy atom. The number of methoxy groups -OCH3 is 1. The van der Waals surface area contributed by atoms with E-state index >= 15 is 0 Å². The van der Waals surface area contributed by atoms with Crippen molar-refractivity contribution in [1.29, 1.82) is 0 Å². The van der Waals surface area contributed by atoms with Crippen LogP contribution in [0, 0.1) is 23.7 Å². The number of aliphatic hydroxyl groups excluding tert-OH is 3. The minimum Gasteiger partial charge on any atom is -0.459 e. The van der Waals surface area contributed by atoms with Gasteiger partial charge in [-0.15, -0.1) is 0 Å². The maximum absolute atomic E-state index is 14.1. The smallest absolute Gasteiger partial charge is 0.311 e. The number of esters is 1. The number of oxime groups is 1. The van der Waals surface area contributed by atoms with Crippen LogP contribution in [0.15, 0.2) is 5.16 Å². The van der Waals surface area contributed by atoms with E-state index in [1.807, 2.05) is 25.9 Å². The quantitative estimate of drug-likeness (QED) is 0.125. The van der Waals surface area contributed by atoms with Gasteiger partial charge in [-0.1, -0.05) is 32.9 Å². The second-order valence-electron chi connectivity index (χ2n) is 16.6. The number of nitrogens with zero attached hydrogens (tertiary/aromatic N) is 2. The fourth-order valence-corrected chi connectivity index (χ4v) is 8.61. The van der Waals surface area contributed by atoms with Crippen molar-refractivity contribution in [2.45, 2.75) is 179 Å². The SMILES string of the molecule is CCC1OC(=O)[C@H](C)C(O[C@H]2C[C@@](C)(OC)[C@@H](O)[C@H](C)O2)[C@H](C)[C@@H](O[C@@H]2O[C@H](C)C[C@H](N(C)C)[C@H]2O)[C@](C)(O)C[C@@H](C)/C(=N\O)[C@@H](C)[C@@H](O)[C@]1(C)O. The second-order valence-corrected chi connectivity index (χ2v) is 16.6. The van der Waals surface area contributed by atoms with Crippen molar-refractivity contribution in [3.63, 3.8) is 0 Å². The lowest BCUT2D eigenvalue weighted by Gasteiger charge is -2.49. The van der Waals surface area contributed by atoms with E-state index in [4.69, 9.17) is 28.4 Å². The Morgan fingerprint density at radius 3 is 2.08 bits per heavy atom. The van der Waals surface area contributed by atoms with E-state index in [0.717, 1.165) is 0 Å². The van der Waals surface area contributed by atoms with Crippen LogP contribution < -0.4 is 0 Å². The van der Waals surface area contributed by atoms with Gasteiger partial charge < -0.3 is 64.1 Å². The summed E-state index contributed by atoms with van der Waals surface area (Å²) < 4.78 is 37.2. The molecule has 0 amide bonds. The zero-order chi connectivity index (χ0) is 39.7. The molecule has 15 heteroatoms. The first-order valence-corrected chi connectivity index (χ1v) is 18.7. The lowest BCUT2D eigenvalue weighted by molar-refractivity contribution is -0.317. The van der Waals surface area contributed by atoms with E-state index in [-0.39, 0.29) is 37.1 Å². The van der Waals surface area contributed by atoms with Gasteiger partial charge in [-0.2, -0.15) is 0 Å². The molecule has 304 valence electrons. The van der Waals surface area contributed by atoms with Gasteiger partial charge in [0.2, 0.25) is 0 Å². The van der Waals surface area contributed by atoms with Crippen molar-refractivity contribution in [3.8, 4) is 0 Å². The summed E-state index contributed by atoms with van der Waals surface area (Å²) in [5, 5.41) is 71.8. The number of hydrogen-bond acceptors (Lipinski definition) is 15. The molecule has 0 aromatic heterocycles. The molecule has 2 unspecified atom stereocenters. The Hall–Kier alpha value is -1.50. The topological polar surface area (TPSA) is 209 Å². The maximum atomic E-state index is 14.1. The van der Waals surface area contributed by atoms with E-state index in [1.165, 1.54) is 14.0 Å². The third-order valence-electron chi connectivity index (χ3n) is 12.0. The van der Waals surface area contributed by atoms with Crippen LogP contribution in [-0.4, -0.2) is 153 Å². The van der Waals surface area contributed by atoms with Crippen LogP contribution in [0.2, 0.25) is 0 Å². The molecule has 0 spiro atoms. The first-order valence-electron chi connectivity index (χ1n) is 18.7. The number of carbonyl (C=O) groups is 1. The van der Waals surface area contributed by atoms with E-state index in [0.29, 0.717) is 6.42 Å².